The minimum atomic E-state index is -1.83. The van der Waals surface area contributed by atoms with Crippen molar-refractivity contribution in [1.82, 2.24) is 20.4 Å². The predicted molar refractivity (Wildman–Crippen MR) is 115 cm³/mol. The number of piperazine rings is 1. The number of ether oxygens (including phenoxy) is 1. The number of carbonyl (C=O) groups excluding carboxylic acids is 1. The lowest BCUT2D eigenvalue weighted by Crippen LogP contribution is -2.62. The van der Waals surface area contributed by atoms with E-state index in [4.69, 9.17) is 4.74 Å². The molecule has 3 rings (SSSR count). The highest BCUT2D eigenvalue weighted by Gasteiger charge is 2.39. The highest BCUT2D eigenvalue weighted by molar-refractivity contribution is 5.86. The number of rotatable bonds is 5. The Morgan fingerprint density at radius 3 is 2.24 bits per heavy atom. The summed E-state index contributed by atoms with van der Waals surface area (Å²) in [6, 6.07) is 8.78. The van der Waals surface area contributed by atoms with E-state index in [1.165, 1.54) is 6.92 Å². The number of amides is 2. The minimum absolute atomic E-state index is 0. The first-order valence-electron chi connectivity index (χ1n) is 9.47. The van der Waals surface area contributed by atoms with Crippen molar-refractivity contribution in [3.8, 4) is 5.75 Å². The number of hydrogen-bond donors (Lipinski definition) is 3. The molecule has 2 fully saturated rings. The summed E-state index contributed by atoms with van der Waals surface area (Å²) in [5, 5.41) is 15.5. The molecule has 0 aromatic heterocycles. The Bertz CT molecular complexity index is 653. The van der Waals surface area contributed by atoms with Crippen molar-refractivity contribution in [2.75, 3.05) is 39.3 Å². The molecule has 0 spiro atoms. The number of aliphatic carboxylic acids is 1. The van der Waals surface area contributed by atoms with E-state index in [-0.39, 0.29) is 24.8 Å². The quantitative estimate of drug-likeness (QED) is 0.594. The van der Waals surface area contributed by atoms with Gasteiger partial charge in [0.1, 0.15) is 5.75 Å². The highest BCUT2D eigenvalue weighted by atomic mass is 35.5. The molecule has 0 aliphatic carbocycles. The van der Waals surface area contributed by atoms with Crippen LogP contribution >= 0.6 is 24.8 Å². The fourth-order valence-corrected chi connectivity index (χ4v) is 3.59. The van der Waals surface area contributed by atoms with Crippen molar-refractivity contribution in [1.29, 1.82) is 0 Å². The van der Waals surface area contributed by atoms with E-state index in [1.807, 2.05) is 6.07 Å². The summed E-state index contributed by atoms with van der Waals surface area (Å²) in [6.45, 7) is 6.21. The molecule has 8 nitrogen and oxygen atoms in total. The van der Waals surface area contributed by atoms with Gasteiger partial charge in [-0.1, -0.05) is 18.2 Å². The molecule has 2 aliphatic heterocycles. The maximum absolute atomic E-state index is 12.6. The average Bonchev–Trinajstić information content (AvgIpc) is 2.69. The maximum Gasteiger partial charge on any atom is 0.369 e. The number of benzene rings is 1. The Kier molecular flexibility index (Phi) is 9.98. The number of piperidine rings is 1. The number of halogens is 2. The predicted octanol–water partition coefficient (Wildman–Crippen LogP) is 1.79. The molecule has 2 aliphatic rings. The lowest BCUT2D eigenvalue weighted by molar-refractivity contribution is -0.155. The van der Waals surface area contributed by atoms with Gasteiger partial charge < -0.3 is 20.1 Å². The standard InChI is InChI=1S/C19H28N4O4.2ClH/c1-19(17(24)25,27-16-5-3-2-4-6-16)21-18(26)23-13-11-22(12-14-23)15-7-9-20-10-8-15;;/h2-6,15,20H,7-14H2,1H3,(H,21,26)(H,24,25);2*1H. The van der Waals surface area contributed by atoms with Gasteiger partial charge in [-0.2, -0.15) is 0 Å². The average molecular weight is 449 g/mol. The van der Waals surface area contributed by atoms with Crippen molar-refractivity contribution in [2.24, 2.45) is 0 Å². The van der Waals surface area contributed by atoms with Crippen molar-refractivity contribution in [3.05, 3.63) is 30.3 Å². The third-order valence-electron chi connectivity index (χ3n) is 5.25. The number of para-hydroxylation sites is 1. The van der Waals surface area contributed by atoms with Gasteiger partial charge in [-0.05, 0) is 38.1 Å². The van der Waals surface area contributed by atoms with Gasteiger partial charge >= 0.3 is 12.0 Å². The first kappa shape index (κ1) is 25.3. The van der Waals surface area contributed by atoms with Gasteiger partial charge in [0.05, 0.1) is 0 Å². The van der Waals surface area contributed by atoms with Gasteiger partial charge in [0.2, 0.25) is 0 Å². The van der Waals surface area contributed by atoms with E-state index < -0.39 is 17.7 Å². The number of nitrogens with one attached hydrogen (secondary N) is 2. The van der Waals surface area contributed by atoms with E-state index in [0.717, 1.165) is 39.0 Å². The summed E-state index contributed by atoms with van der Waals surface area (Å²) >= 11 is 0. The fraction of sp³-hybridized carbons (Fsp3) is 0.579. The number of urea groups is 1. The summed E-state index contributed by atoms with van der Waals surface area (Å²) < 4.78 is 5.57. The Labute approximate surface area is 183 Å². The first-order chi connectivity index (χ1) is 13.0. The maximum atomic E-state index is 12.6. The summed E-state index contributed by atoms with van der Waals surface area (Å²) in [4.78, 5) is 28.5. The lowest BCUT2D eigenvalue weighted by Gasteiger charge is -2.41. The molecule has 164 valence electrons. The summed E-state index contributed by atoms with van der Waals surface area (Å²) in [6.07, 6.45) is 2.27. The molecule has 1 unspecified atom stereocenters. The highest BCUT2D eigenvalue weighted by Crippen LogP contribution is 2.18. The van der Waals surface area contributed by atoms with Gasteiger partial charge in [0.25, 0.3) is 5.72 Å². The Hall–Kier alpha value is -1.74. The fourth-order valence-electron chi connectivity index (χ4n) is 3.59. The van der Waals surface area contributed by atoms with Crippen LogP contribution in [-0.2, 0) is 4.79 Å². The van der Waals surface area contributed by atoms with Crippen molar-refractivity contribution in [2.45, 2.75) is 31.5 Å². The van der Waals surface area contributed by atoms with Gasteiger partial charge in [-0.25, -0.2) is 9.59 Å². The molecule has 2 saturated heterocycles. The lowest BCUT2D eigenvalue weighted by atomic mass is 10.0. The van der Waals surface area contributed by atoms with E-state index in [2.05, 4.69) is 15.5 Å². The molecule has 3 N–H and O–H groups in total. The molecule has 1 aromatic carbocycles. The van der Waals surface area contributed by atoms with Crippen LogP contribution in [0, 0.1) is 0 Å². The largest absolute Gasteiger partial charge is 0.477 e. The normalized spacial score (nSPS) is 19.8. The second-order valence-corrected chi connectivity index (χ2v) is 7.19. The van der Waals surface area contributed by atoms with Gasteiger partial charge in [0.15, 0.2) is 0 Å². The molecule has 10 heteroatoms. The Morgan fingerprint density at radius 2 is 1.69 bits per heavy atom. The van der Waals surface area contributed by atoms with Crippen molar-refractivity contribution >= 4 is 36.8 Å². The number of carboxylic acids is 1. The first-order valence-corrected chi connectivity index (χ1v) is 9.47. The minimum Gasteiger partial charge on any atom is -0.477 e. The smallest absolute Gasteiger partial charge is 0.369 e. The second kappa shape index (κ2) is 11.4. The van der Waals surface area contributed by atoms with Crippen LogP contribution < -0.4 is 15.4 Å². The van der Waals surface area contributed by atoms with Crippen molar-refractivity contribution in [3.63, 3.8) is 0 Å². The topological polar surface area (TPSA) is 94.1 Å². The third kappa shape index (κ3) is 6.64. The zero-order valence-electron chi connectivity index (χ0n) is 16.5. The Morgan fingerprint density at radius 1 is 1.10 bits per heavy atom. The van der Waals surface area contributed by atoms with Crippen LogP contribution in [0.5, 0.6) is 5.75 Å². The van der Waals surface area contributed by atoms with E-state index in [1.54, 1.807) is 29.2 Å². The van der Waals surface area contributed by atoms with E-state index in [9.17, 15) is 14.7 Å². The van der Waals surface area contributed by atoms with Crippen molar-refractivity contribution < 1.29 is 19.4 Å². The van der Waals surface area contributed by atoms with Gasteiger partial charge in [-0.15, -0.1) is 24.8 Å². The van der Waals surface area contributed by atoms with Gasteiger partial charge in [-0.3, -0.25) is 10.2 Å². The van der Waals surface area contributed by atoms with E-state index in [0.29, 0.717) is 24.9 Å². The number of nitrogens with zero attached hydrogens (tertiary/aromatic N) is 2. The molecule has 0 radical (unpaired) electrons. The van der Waals surface area contributed by atoms with E-state index >= 15 is 0 Å². The molecular formula is C19H30Cl2N4O4. The SMILES string of the molecule is CC(NC(=O)N1CCN(C2CCNCC2)CC1)(Oc1ccccc1)C(=O)O.Cl.Cl. The summed E-state index contributed by atoms with van der Waals surface area (Å²) in [7, 11) is 0. The number of carboxylic acid groups (broad SMARTS) is 1. The Balaban J connectivity index is 0.00000210. The summed E-state index contributed by atoms with van der Waals surface area (Å²) in [5.41, 5.74) is -1.83. The molecule has 1 atom stereocenters. The molecule has 2 heterocycles. The third-order valence-corrected chi connectivity index (χ3v) is 5.25. The second-order valence-electron chi connectivity index (χ2n) is 7.19. The number of hydrogen-bond acceptors (Lipinski definition) is 5. The molecule has 0 saturated carbocycles. The zero-order valence-corrected chi connectivity index (χ0v) is 18.1. The molecular weight excluding hydrogens is 419 g/mol. The van der Waals surface area contributed by atoms with Crippen LogP contribution in [-0.4, -0.2) is 77.9 Å². The zero-order chi connectivity index (χ0) is 19.3. The van der Waals surface area contributed by atoms with Crippen LogP contribution in [0.15, 0.2) is 30.3 Å². The van der Waals surface area contributed by atoms with Gasteiger partial charge in [0, 0.05) is 39.1 Å². The van der Waals surface area contributed by atoms with Crippen LogP contribution in [0.1, 0.15) is 19.8 Å². The number of carbonyl (C=O) groups is 2. The van der Waals surface area contributed by atoms with Crippen LogP contribution in [0.3, 0.4) is 0 Å². The summed E-state index contributed by atoms with van der Waals surface area (Å²) in [5.74, 6) is -0.855. The molecule has 2 amide bonds. The monoisotopic (exact) mass is 448 g/mol. The molecule has 0 bridgehead atoms. The van der Waals surface area contributed by atoms with Crippen LogP contribution in [0.2, 0.25) is 0 Å². The molecule has 29 heavy (non-hydrogen) atoms. The van der Waals surface area contributed by atoms with Crippen LogP contribution in [0.25, 0.3) is 0 Å². The van der Waals surface area contributed by atoms with Crippen LogP contribution in [0.4, 0.5) is 4.79 Å². The molecule has 1 aromatic rings.